The largest absolute Gasteiger partial charge is 0.465 e. The molecular formula is C23H16F3N3O6S. The number of methoxy groups -OCH3 is 1. The molecule has 9 nitrogen and oxygen atoms in total. The predicted octanol–water partition coefficient (Wildman–Crippen LogP) is 3.73. The summed E-state index contributed by atoms with van der Waals surface area (Å²) >= 11 is 0. The first-order chi connectivity index (χ1) is 16.9. The van der Waals surface area contributed by atoms with Crippen molar-refractivity contribution in [2.45, 2.75) is 11.1 Å². The average molecular weight is 519 g/mol. The summed E-state index contributed by atoms with van der Waals surface area (Å²) in [6, 6.07) is 13.3. The van der Waals surface area contributed by atoms with Crippen molar-refractivity contribution in [2.24, 2.45) is 10.2 Å². The van der Waals surface area contributed by atoms with Crippen LogP contribution in [-0.2, 0) is 19.6 Å². The minimum absolute atomic E-state index is 0.0693. The van der Waals surface area contributed by atoms with Crippen molar-refractivity contribution in [2.75, 3.05) is 12.1 Å². The van der Waals surface area contributed by atoms with E-state index in [2.05, 4.69) is 9.84 Å². The van der Waals surface area contributed by atoms with E-state index < -0.39 is 39.4 Å². The van der Waals surface area contributed by atoms with Crippen LogP contribution < -0.4 is 10.1 Å². The van der Waals surface area contributed by atoms with Crippen molar-refractivity contribution in [1.82, 2.24) is 0 Å². The number of nitrogens with zero attached hydrogens (tertiary/aromatic N) is 2. The van der Waals surface area contributed by atoms with Gasteiger partial charge in [0.25, 0.3) is 5.91 Å². The van der Waals surface area contributed by atoms with Crippen LogP contribution in [0.5, 0.6) is 0 Å². The van der Waals surface area contributed by atoms with Gasteiger partial charge in [0.2, 0.25) is 10.0 Å². The molecule has 1 aliphatic heterocycles. The summed E-state index contributed by atoms with van der Waals surface area (Å²) < 4.78 is 74.2. The molecule has 0 aliphatic carbocycles. The molecule has 0 fully saturated rings. The van der Waals surface area contributed by atoms with Crippen LogP contribution in [0.3, 0.4) is 0 Å². The van der Waals surface area contributed by atoms with Gasteiger partial charge in [-0.3, -0.25) is 4.79 Å². The van der Waals surface area contributed by atoms with E-state index in [1.165, 1.54) is 31.4 Å². The molecule has 0 atom stereocenters. The first-order valence-corrected chi connectivity index (χ1v) is 11.6. The molecule has 13 heteroatoms. The van der Waals surface area contributed by atoms with Gasteiger partial charge in [0.05, 0.1) is 28.8 Å². The van der Waals surface area contributed by atoms with E-state index in [1.54, 1.807) is 12.1 Å². The van der Waals surface area contributed by atoms with Crippen molar-refractivity contribution in [3.05, 3.63) is 77.6 Å². The summed E-state index contributed by atoms with van der Waals surface area (Å²) in [5.74, 6) is -1.51. The molecule has 1 aromatic heterocycles. The van der Waals surface area contributed by atoms with Crippen molar-refractivity contribution >= 4 is 39.4 Å². The number of furan rings is 1. The number of esters is 1. The zero-order valence-electron chi connectivity index (χ0n) is 18.3. The van der Waals surface area contributed by atoms with Crippen LogP contribution in [0.1, 0.15) is 16.1 Å². The topological polar surface area (TPSA) is 132 Å². The van der Waals surface area contributed by atoms with Gasteiger partial charge in [-0.05, 0) is 54.6 Å². The second-order valence-electron chi connectivity index (χ2n) is 7.43. The van der Waals surface area contributed by atoms with Gasteiger partial charge in [0.15, 0.2) is 5.71 Å². The first kappa shape index (κ1) is 24.9. The van der Waals surface area contributed by atoms with Gasteiger partial charge < -0.3 is 9.15 Å². The Morgan fingerprint density at radius 2 is 1.81 bits per heavy atom. The summed E-state index contributed by atoms with van der Waals surface area (Å²) in [5.41, 5.74) is -1.62. The lowest BCUT2D eigenvalue weighted by molar-refractivity contribution is -0.114. The number of sulfonamides is 1. The summed E-state index contributed by atoms with van der Waals surface area (Å²) in [4.78, 5) is 24.4. The second kappa shape index (κ2) is 9.09. The van der Waals surface area contributed by atoms with Crippen LogP contribution in [0, 0.1) is 0 Å². The number of hydrogen-bond acceptors (Lipinski definition) is 7. The van der Waals surface area contributed by atoms with Crippen molar-refractivity contribution in [1.29, 1.82) is 0 Å². The second-order valence-corrected chi connectivity index (χ2v) is 9.00. The van der Waals surface area contributed by atoms with E-state index in [0.29, 0.717) is 10.6 Å². The Balaban J connectivity index is 1.69. The molecule has 0 saturated carbocycles. The van der Waals surface area contributed by atoms with Crippen LogP contribution in [0.2, 0.25) is 0 Å². The van der Waals surface area contributed by atoms with Gasteiger partial charge in [-0.1, -0.05) is 12.1 Å². The standard InChI is InChI=1S/C23H16F3N3O6S/c1-34-22(31)14-4-2-3-13(11-14)19-10-7-16(35-19)12-18-20(23(24,25)26)28-29(21(18)30)15-5-8-17(9-6-15)36(27,32)33/h2-12H,1H3,(H2,27,32,33)/b18-12+. The van der Waals surface area contributed by atoms with E-state index in [9.17, 15) is 31.2 Å². The monoisotopic (exact) mass is 519 g/mol. The number of ether oxygens (including phenoxy) is 1. The molecule has 4 rings (SSSR count). The Morgan fingerprint density at radius 3 is 2.42 bits per heavy atom. The van der Waals surface area contributed by atoms with Crippen LogP contribution in [0.15, 0.2) is 80.7 Å². The first-order valence-electron chi connectivity index (χ1n) is 10.0. The Morgan fingerprint density at radius 1 is 1.11 bits per heavy atom. The maximum absolute atomic E-state index is 13.7. The number of carbonyl (C=O) groups is 2. The molecule has 3 aromatic rings. The summed E-state index contributed by atoms with van der Waals surface area (Å²) in [6.45, 7) is 0. The smallest absolute Gasteiger partial charge is 0.435 e. The molecule has 0 spiro atoms. The van der Waals surface area contributed by atoms with Crippen molar-refractivity contribution < 1.29 is 40.3 Å². The Labute approximate surface area is 202 Å². The Bertz CT molecular complexity index is 1520. The number of hydrazone groups is 1. The maximum Gasteiger partial charge on any atom is 0.435 e. The van der Waals surface area contributed by atoms with Crippen LogP contribution >= 0.6 is 0 Å². The average Bonchev–Trinajstić information content (AvgIpc) is 3.43. The number of hydrogen-bond donors (Lipinski definition) is 1. The van der Waals surface area contributed by atoms with Gasteiger partial charge >= 0.3 is 12.1 Å². The van der Waals surface area contributed by atoms with Gasteiger partial charge in [-0.15, -0.1) is 0 Å². The number of nitrogens with two attached hydrogens (primary N) is 1. The Kier molecular flexibility index (Phi) is 6.28. The minimum Gasteiger partial charge on any atom is -0.465 e. The highest BCUT2D eigenvalue weighted by Crippen LogP contribution is 2.34. The van der Waals surface area contributed by atoms with Gasteiger partial charge in [-0.2, -0.15) is 23.3 Å². The fraction of sp³-hybridized carbons (Fsp3) is 0.0870. The third-order valence-electron chi connectivity index (χ3n) is 5.04. The molecule has 2 aromatic carbocycles. The van der Waals surface area contributed by atoms with Crippen LogP contribution in [0.25, 0.3) is 17.4 Å². The highest BCUT2D eigenvalue weighted by Gasteiger charge is 2.47. The minimum atomic E-state index is -4.97. The zero-order valence-corrected chi connectivity index (χ0v) is 19.1. The molecule has 2 heterocycles. The fourth-order valence-corrected chi connectivity index (χ4v) is 3.87. The highest BCUT2D eigenvalue weighted by molar-refractivity contribution is 7.89. The number of primary sulfonamides is 1. The molecule has 186 valence electrons. The van der Waals surface area contributed by atoms with Gasteiger partial charge in [0.1, 0.15) is 11.5 Å². The molecule has 2 N–H and O–H groups in total. The lowest BCUT2D eigenvalue weighted by Gasteiger charge is -2.11. The maximum atomic E-state index is 13.7. The summed E-state index contributed by atoms with van der Waals surface area (Å²) in [6.07, 6.45) is -4.07. The molecule has 36 heavy (non-hydrogen) atoms. The number of amides is 1. The molecule has 1 aliphatic rings. The number of benzene rings is 2. The van der Waals surface area contributed by atoms with Crippen LogP contribution in [-0.4, -0.2) is 39.3 Å². The highest BCUT2D eigenvalue weighted by atomic mass is 32.2. The summed E-state index contributed by atoms with van der Waals surface area (Å²) in [7, 11) is -2.82. The quantitative estimate of drug-likeness (QED) is 0.404. The van der Waals surface area contributed by atoms with E-state index in [1.807, 2.05) is 0 Å². The van der Waals surface area contributed by atoms with E-state index >= 15 is 0 Å². The van der Waals surface area contributed by atoms with Gasteiger partial charge in [0, 0.05) is 5.56 Å². The normalized spacial score (nSPS) is 15.4. The summed E-state index contributed by atoms with van der Waals surface area (Å²) in [5, 5.41) is 8.95. The number of halogens is 3. The van der Waals surface area contributed by atoms with E-state index in [4.69, 9.17) is 9.56 Å². The van der Waals surface area contributed by atoms with Gasteiger partial charge in [-0.25, -0.2) is 18.4 Å². The number of alkyl halides is 3. The molecular weight excluding hydrogens is 503 g/mol. The molecule has 0 bridgehead atoms. The SMILES string of the molecule is COC(=O)c1cccc(-c2ccc(/C=C3/C(=O)N(c4ccc(S(N)(=O)=O)cc4)N=C3C(F)(F)F)o2)c1. The Hall–Kier alpha value is -4.23. The number of rotatable bonds is 5. The fourth-order valence-electron chi connectivity index (χ4n) is 3.35. The van der Waals surface area contributed by atoms with E-state index in [-0.39, 0.29) is 27.7 Å². The zero-order chi connectivity index (χ0) is 26.3. The van der Waals surface area contributed by atoms with E-state index in [0.717, 1.165) is 30.3 Å². The molecule has 0 unspecified atom stereocenters. The van der Waals surface area contributed by atoms with Crippen LogP contribution in [0.4, 0.5) is 18.9 Å². The molecule has 0 radical (unpaired) electrons. The molecule has 1 amide bonds. The predicted molar refractivity (Wildman–Crippen MR) is 122 cm³/mol. The number of carbonyl (C=O) groups excluding carboxylic acids is 2. The molecule has 0 saturated heterocycles. The lowest BCUT2D eigenvalue weighted by atomic mass is 10.1. The lowest BCUT2D eigenvalue weighted by Crippen LogP contribution is -2.25. The third kappa shape index (κ3) is 4.92. The number of anilines is 1. The van der Waals surface area contributed by atoms with Crippen molar-refractivity contribution in [3.8, 4) is 11.3 Å². The van der Waals surface area contributed by atoms with Crippen molar-refractivity contribution in [3.63, 3.8) is 0 Å². The third-order valence-corrected chi connectivity index (χ3v) is 5.97.